The van der Waals surface area contributed by atoms with Gasteiger partial charge in [0, 0.05) is 6.61 Å². The summed E-state index contributed by atoms with van der Waals surface area (Å²) in [5.74, 6) is -0.403. The number of ether oxygens (including phenoxy) is 2. The van der Waals surface area contributed by atoms with Crippen molar-refractivity contribution in [2.24, 2.45) is 0 Å². The first-order chi connectivity index (χ1) is 10.7. The van der Waals surface area contributed by atoms with Crippen molar-refractivity contribution < 1.29 is 14.3 Å². The van der Waals surface area contributed by atoms with Crippen molar-refractivity contribution in [2.75, 3.05) is 6.61 Å². The first kappa shape index (κ1) is 14.8. The normalized spacial score (nSPS) is 18.1. The number of aromatic nitrogens is 2. The van der Waals surface area contributed by atoms with E-state index in [0.29, 0.717) is 17.0 Å². The lowest BCUT2D eigenvalue weighted by atomic mass is 10.2. The summed E-state index contributed by atoms with van der Waals surface area (Å²) in [6.45, 7) is 0.712. The second-order valence-electron chi connectivity index (χ2n) is 5.03. The molecule has 3 rings (SSSR count). The molecule has 0 aliphatic carbocycles. The molecule has 1 aliphatic rings. The Labute approximate surface area is 132 Å². The number of carbonyl (C=O) groups is 1. The van der Waals surface area contributed by atoms with Gasteiger partial charge in [-0.1, -0.05) is 11.6 Å². The third-order valence-electron chi connectivity index (χ3n) is 3.55. The molecule has 1 unspecified atom stereocenters. The lowest BCUT2D eigenvalue weighted by molar-refractivity contribution is -0.133. The van der Waals surface area contributed by atoms with Crippen LogP contribution >= 0.6 is 11.6 Å². The van der Waals surface area contributed by atoms with Gasteiger partial charge in [-0.15, -0.1) is 0 Å². The first-order valence-corrected chi connectivity index (χ1v) is 7.43. The fourth-order valence-corrected chi connectivity index (χ4v) is 2.74. The van der Waals surface area contributed by atoms with Crippen LogP contribution in [0.15, 0.2) is 18.3 Å². The number of esters is 1. The average Bonchev–Trinajstić information content (AvgIpc) is 2.95. The van der Waals surface area contributed by atoms with Gasteiger partial charge in [-0.3, -0.25) is 4.79 Å². The lowest BCUT2D eigenvalue weighted by Crippen LogP contribution is -2.18. The fourth-order valence-electron chi connectivity index (χ4n) is 2.53. The maximum Gasteiger partial charge on any atom is 0.325 e. The largest absolute Gasteiger partial charge is 0.423 e. The number of benzene rings is 1. The van der Waals surface area contributed by atoms with E-state index in [2.05, 4.69) is 5.10 Å². The van der Waals surface area contributed by atoms with Crippen LogP contribution in [-0.4, -0.2) is 22.4 Å². The van der Waals surface area contributed by atoms with Gasteiger partial charge in [0.25, 0.3) is 0 Å². The number of carbonyl (C=O) groups excluding carboxylic acids is 1. The quantitative estimate of drug-likeness (QED) is 0.641. The van der Waals surface area contributed by atoms with Crippen LogP contribution in [0.5, 0.6) is 5.75 Å². The Morgan fingerprint density at radius 1 is 1.55 bits per heavy atom. The minimum absolute atomic E-state index is 0.116. The monoisotopic (exact) mass is 319 g/mol. The molecule has 1 atom stereocenters. The average molecular weight is 320 g/mol. The van der Waals surface area contributed by atoms with Gasteiger partial charge >= 0.3 is 5.97 Å². The number of hydrogen-bond acceptors (Lipinski definition) is 5. The van der Waals surface area contributed by atoms with Crippen LogP contribution in [0, 0.1) is 11.3 Å². The Hall–Kier alpha value is -2.10. The Balaban J connectivity index is 1.99. The molecule has 1 aromatic heterocycles. The number of nitrogens with zero attached hydrogens (tertiary/aromatic N) is 3. The van der Waals surface area contributed by atoms with E-state index in [1.165, 1.54) is 0 Å². The number of fused-ring (bicyclic) bond motifs is 1. The van der Waals surface area contributed by atoms with Gasteiger partial charge in [0.15, 0.2) is 12.0 Å². The van der Waals surface area contributed by atoms with Crippen LogP contribution in [0.4, 0.5) is 0 Å². The van der Waals surface area contributed by atoms with Crippen LogP contribution < -0.4 is 4.74 Å². The van der Waals surface area contributed by atoms with Gasteiger partial charge < -0.3 is 9.47 Å². The van der Waals surface area contributed by atoms with E-state index in [1.54, 1.807) is 23.0 Å². The zero-order valence-electron chi connectivity index (χ0n) is 11.8. The summed E-state index contributed by atoms with van der Waals surface area (Å²) in [4.78, 5) is 11.6. The van der Waals surface area contributed by atoms with Gasteiger partial charge in [0.1, 0.15) is 6.42 Å². The van der Waals surface area contributed by atoms with Crippen molar-refractivity contribution in [3.8, 4) is 11.8 Å². The summed E-state index contributed by atoms with van der Waals surface area (Å²) in [6, 6.07) is 5.23. The van der Waals surface area contributed by atoms with E-state index in [4.69, 9.17) is 26.3 Å². The molecule has 0 radical (unpaired) electrons. The number of halogens is 1. The molecule has 0 spiro atoms. The molecule has 0 N–H and O–H groups in total. The number of rotatable bonds is 3. The minimum atomic E-state index is -0.640. The number of hydrogen-bond donors (Lipinski definition) is 0. The van der Waals surface area contributed by atoms with E-state index < -0.39 is 5.97 Å². The van der Waals surface area contributed by atoms with E-state index >= 15 is 0 Å². The third kappa shape index (κ3) is 2.78. The highest BCUT2D eigenvalue weighted by molar-refractivity contribution is 6.33. The summed E-state index contributed by atoms with van der Waals surface area (Å²) in [6.07, 6.45) is 4.20. The molecule has 2 aromatic rings. The smallest absolute Gasteiger partial charge is 0.325 e. The van der Waals surface area contributed by atoms with Crippen molar-refractivity contribution in [2.45, 2.75) is 31.9 Å². The van der Waals surface area contributed by atoms with Gasteiger partial charge in [-0.05, 0) is 31.4 Å². The predicted octanol–water partition coefficient (Wildman–Crippen LogP) is 3.21. The van der Waals surface area contributed by atoms with Gasteiger partial charge in [0.2, 0.25) is 0 Å². The summed E-state index contributed by atoms with van der Waals surface area (Å²) >= 11 is 6.11. The van der Waals surface area contributed by atoms with E-state index in [1.807, 2.05) is 6.07 Å². The molecule has 1 aliphatic heterocycles. The maximum absolute atomic E-state index is 11.6. The highest BCUT2D eigenvalue weighted by atomic mass is 35.5. The summed E-state index contributed by atoms with van der Waals surface area (Å²) < 4.78 is 12.7. The van der Waals surface area contributed by atoms with Crippen molar-refractivity contribution in [1.82, 2.24) is 9.78 Å². The Bertz CT molecular complexity index is 744. The zero-order chi connectivity index (χ0) is 15.5. The Kier molecular flexibility index (Phi) is 4.27. The number of nitriles is 1. The molecule has 114 valence electrons. The van der Waals surface area contributed by atoms with Crippen LogP contribution in [-0.2, 0) is 9.53 Å². The van der Waals surface area contributed by atoms with E-state index in [9.17, 15) is 4.79 Å². The van der Waals surface area contributed by atoms with Crippen LogP contribution in [0.25, 0.3) is 10.9 Å². The third-order valence-corrected chi connectivity index (χ3v) is 3.85. The van der Waals surface area contributed by atoms with Crippen molar-refractivity contribution in [1.29, 1.82) is 5.26 Å². The van der Waals surface area contributed by atoms with Crippen LogP contribution in [0.3, 0.4) is 0 Å². The standard InChI is InChI=1S/C15H14ClN3O3/c16-11-4-5-12-10(15(11)22-14(20)6-7-17)9-18-19(12)13-3-1-2-8-21-13/h4-5,9,13H,1-3,6,8H2. The first-order valence-electron chi connectivity index (χ1n) is 7.05. The second kappa shape index (κ2) is 6.34. The molecule has 0 bridgehead atoms. The van der Waals surface area contributed by atoms with Gasteiger partial charge in [-0.2, -0.15) is 10.4 Å². The summed E-state index contributed by atoms with van der Waals surface area (Å²) in [7, 11) is 0. The van der Waals surface area contributed by atoms with Gasteiger partial charge in [-0.25, -0.2) is 4.68 Å². The predicted molar refractivity (Wildman–Crippen MR) is 79.4 cm³/mol. The molecule has 1 saturated heterocycles. The fraction of sp³-hybridized carbons (Fsp3) is 0.400. The van der Waals surface area contributed by atoms with Crippen molar-refractivity contribution >= 4 is 28.5 Å². The van der Waals surface area contributed by atoms with E-state index in [-0.39, 0.29) is 18.4 Å². The van der Waals surface area contributed by atoms with E-state index in [0.717, 1.165) is 24.8 Å². The summed E-state index contributed by atoms with van der Waals surface area (Å²) in [5.41, 5.74) is 0.788. The molecule has 0 saturated carbocycles. The second-order valence-corrected chi connectivity index (χ2v) is 5.44. The molecule has 0 amide bonds. The maximum atomic E-state index is 11.6. The van der Waals surface area contributed by atoms with Crippen LogP contribution in [0.1, 0.15) is 31.9 Å². The molecule has 1 fully saturated rings. The van der Waals surface area contributed by atoms with Crippen molar-refractivity contribution in [3.05, 3.63) is 23.4 Å². The topological polar surface area (TPSA) is 77.1 Å². The van der Waals surface area contributed by atoms with Crippen molar-refractivity contribution in [3.63, 3.8) is 0 Å². The Morgan fingerprint density at radius 2 is 2.41 bits per heavy atom. The molecule has 7 heteroatoms. The Morgan fingerprint density at radius 3 is 3.14 bits per heavy atom. The SMILES string of the molecule is N#CCC(=O)Oc1c(Cl)ccc2c1cnn2C1CCCCO1. The van der Waals surface area contributed by atoms with Gasteiger partial charge in [0.05, 0.1) is 28.2 Å². The van der Waals surface area contributed by atoms with Crippen LogP contribution in [0.2, 0.25) is 5.02 Å². The minimum Gasteiger partial charge on any atom is -0.423 e. The molecule has 2 heterocycles. The molecule has 1 aromatic carbocycles. The highest BCUT2D eigenvalue weighted by Crippen LogP contribution is 2.35. The molecular formula is C15H14ClN3O3. The lowest BCUT2D eigenvalue weighted by Gasteiger charge is -2.23. The molecule has 6 nitrogen and oxygen atoms in total. The molecule has 22 heavy (non-hydrogen) atoms. The molecular weight excluding hydrogens is 306 g/mol. The summed E-state index contributed by atoms with van der Waals surface area (Å²) in [5, 5.41) is 13.8. The zero-order valence-corrected chi connectivity index (χ0v) is 12.5. The highest BCUT2D eigenvalue weighted by Gasteiger charge is 2.21.